The molecule has 2 amide bonds. The Kier molecular flexibility index (Phi) is 5.85. The maximum Gasteiger partial charge on any atom is 0.315 e. The molecule has 0 radical (unpaired) electrons. The molecule has 0 bridgehead atoms. The van der Waals surface area contributed by atoms with Gasteiger partial charge < -0.3 is 20.5 Å². The summed E-state index contributed by atoms with van der Waals surface area (Å²) in [6.07, 6.45) is 6.38. The van der Waals surface area contributed by atoms with Gasteiger partial charge in [0, 0.05) is 25.6 Å². The third kappa shape index (κ3) is 4.59. The summed E-state index contributed by atoms with van der Waals surface area (Å²) in [7, 11) is 1.73. The molecule has 120 valence electrons. The first-order chi connectivity index (χ1) is 10.1. The van der Waals surface area contributed by atoms with Crippen molar-refractivity contribution < 1.29 is 19.4 Å². The normalized spacial score (nSPS) is 32.6. The predicted octanol–water partition coefficient (Wildman–Crippen LogP) is 1.74. The number of rotatable bonds is 5. The van der Waals surface area contributed by atoms with Crippen LogP contribution in [0.25, 0.3) is 0 Å². The van der Waals surface area contributed by atoms with Crippen LogP contribution in [0.3, 0.4) is 0 Å². The van der Waals surface area contributed by atoms with E-state index in [4.69, 9.17) is 9.84 Å². The maximum absolute atomic E-state index is 11.9. The van der Waals surface area contributed by atoms with E-state index in [9.17, 15) is 9.59 Å². The monoisotopic (exact) mass is 298 g/mol. The Hall–Kier alpha value is -1.30. The lowest BCUT2D eigenvalue weighted by molar-refractivity contribution is -0.142. The molecule has 2 saturated carbocycles. The van der Waals surface area contributed by atoms with Crippen LogP contribution in [0.4, 0.5) is 4.79 Å². The molecule has 21 heavy (non-hydrogen) atoms. The summed E-state index contributed by atoms with van der Waals surface area (Å²) in [6.45, 7) is 0.648. The molecule has 2 unspecified atom stereocenters. The number of amides is 2. The van der Waals surface area contributed by atoms with Crippen LogP contribution in [-0.4, -0.2) is 42.9 Å². The number of ether oxygens (including phenoxy) is 1. The van der Waals surface area contributed by atoms with Gasteiger partial charge in [-0.15, -0.1) is 0 Å². The Morgan fingerprint density at radius 1 is 1.14 bits per heavy atom. The van der Waals surface area contributed by atoms with Gasteiger partial charge in [0.25, 0.3) is 0 Å². The number of nitrogens with one attached hydrogen (secondary N) is 2. The Bertz CT molecular complexity index is 367. The van der Waals surface area contributed by atoms with Crippen LogP contribution in [0.15, 0.2) is 0 Å². The van der Waals surface area contributed by atoms with Gasteiger partial charge in [-0.05, 0) is 38.5 Å². The fraction of sp³-hybridized carbons (Fsp3) is 0.867. The molecule has 2 rings (SSSR count). The summed E-state index contributed by atoms with van der Waals surface area (Å²) in [5.41, 5.74) is 0. The lowest BCUT2D eigenvalue weighted by atomic mass is 9.86. The molecule has 0 aliphatic heterocycles. The number of hydrogen-bond acceptors (Lipinski definition) is 3. The minimum atomic E-state index is -0.718. The number of aliphatic carboxylic acids is 1. The molecule has 0 heterocycles. The molecule has 6 heteroatoms. The van der Waals surface area contributed by atoms with Crippen molar-refractivity contribution in [3.8, 4) is 0 Å². The number of urea groups is 1. The number of methoxy groups -OCH3 is 1. The molecule has 0 aromatic rings. The number of carboxylic acid groups (broad SMARTS) is 1. The van der Waals surface area contributed by atoms with Gasteiger partial charge in [0.05, 0.1) is 12.0 Å². The first-order valence-corrected chi connectivity index (χ1v) is 7.90. The Labute approximate surface area is 125 Å². The van der Waals surface area contributed by atoms with E-state index in [1.165, 1.54) is 0 Å². The highest BCUT2D eigenvalue weighted by atomic mass is 16.5. The van der Waals surface area contributed by atoms with Gasteiger partial charge in [-0.2, -0.15) is 0 Å². The summed E-state index contributed by atoms with van der Waals surface area (Å²) in [5, 5.41) is 14.8. The first-order valence-electron chi connectivity index (χ1n) is 7.90. The molecule has 2 aliphatic carbocycles. The molecule has 0 spiro atoms. The molecule has 2 fully saturated rings. The molecule has 3 N–H and O–H groups in total. The summed E-state index contributed by atoms with van der Waals surface area (Å²) in [5.74, 6) is -0.555. The predicted molar refractivity (Wildman–Crippen MR) is 78.1 cm³/mol. The van der Waals surface area contributed by atoms with Crippen LogP contribution in [0.5, 0.6) is 0 Å². The number of carboxylic acids is 1. The van der Waals surface area contributed by atoms with Crippen LogP contribution in [-0.2, 0) is 9.53 Å². The molecule has 2 atom stereocenters. The van der Waals surface area contributed by atoms with E-state index in [-0.39, 0.29) is 24.1 Å². The van der Waals surface area contributed by atoms with Crippen LogP contribution in [0.1, 0.15) is 44.9 Å². The van der Waals surface area contributed by atoms with E-state index in [0.717, 1.165) is 32.1 Å². The van der Waals surface area contributed by atoms with Crippen molar-refractivity contribution >= 4 is 12.0 Å². The highest BCUT2D eigenvalue weighted by Gasteiger charge is 2.29. The highest BCUT2D eigenvalue weighted by molar-refractivity contribution is 5.74. The van der Waals surface area contributed by atoms with Gasteiger partial charge in [0.15, 0.2) is 0 Å². The number of carbonyl (C=O) groups excluding carboxylic acids is 1. The van der Waals surface area contributed by atoms with Crippen LogP contribution < -0.4 is 10.6 Å². The van der Waals surface area contributed by atoms with E-state index in [1.807, 2.05) is 0 Å². The smallest absolute Gasteiger partial charge is 0.315 e. The SMILES string of the molecule is COC1CCCC1CNC(=O)NC1CCC(C(=O)O)CC1. The van der Waals surface area contributed by atoms with Gasteiger partial charge in [0.1, 0.15) is 0 Å². The van der Waals surface area contributed by atoms with Gasteiger partial charge in [0.2, 0.25) is 0 Å². The second-order valence-corrected chi connectivity index (χ2v) is 6.21. The molecule has 0 aromatic carbocycles. The van der Waals surface area contributed by atoms with Crippen molar-refractivity contribution in [3.05, 3.63) is 0 Å². The van der Waals surface area contributed by atoms with Crippen molar-refractivity contribution in [1.82, 2.24) is 10.6 Å². The summed E-state index contributed by atoms with van der Waals surface area (Å²) >= 11 is 0. The maximum atomic E-state index is 11.9. The average molecular weight is 298 g/mol. The minimum Gasteiger partial charge on any atom is -0.481 e. The van der Waals surface area contributed by atoms with Gasteiger partial charge in [-0.25, -0.2) is 4.79 Å². The van der Waals surface area contributed by atoms with E-state index >= 15 is 0 Å². The van der Waals surface area contributed by atoms with Crippen LogP contribution in [0.2, 0.25) is 0 Å². The molecule has 0 aromatic heterocycles. The third-order valence-electron chi connectivity index (χ3n) is 4.83. The largest absolute Gasteiger partial charge is 0.481 e. The second kappa shape index (κ2) is 7.64. The minimum absolute atomic E-state index is 0.0994. The molecular formula is C15H26N2O4. The number of carbonyl (C=O) groups is 2. The van der Waals surface area contributed by atoms with Crippen LogP contribution in [0, 0.1) is 11.8 Å². The fourth-order valence-corrected chi connectivity index (χ4v) is 3.49. The van der Waals surface area contributed by atoms with E-state index in [2.05, 4.69) is 10.6 Å². The van der Waals surface area contributed by atoms with E-state index in [0.29, 0.717) is 25.3 Å². The van der Waals surface area contributed by atoms with Crippen molar-refractivity contribution in [2.75, 3.05) is 13.7 Å². The lowest BCUT2D eigenvalue weighted by Gasteiger charge is -2.27. The van der Waals surface area contributed by atoms with Crippen molar-refractivity contribution in [1.29, 1.82) is 0 Å². The second-order valence-electron chi connectivity index (χ2n) is 6.21. The summed E-state index contributed by atoms with van der Waals surface area (Å²) < 4.78 is 5.41. The third-order valence-corrected chi connectivity index (χ3v) is 4.83. The average Bonchev–Trinajstić information content (AvgIpc) is 2.93. The topological polar surface area (TPSA) is 87.7 Å². The van der Waals surface area contributed by atoms with Crippen LogP contribution >= 0.6 is 0 Å². The van der Waals surface area contributed by atoms with E-state index in [1.54, 1.807) is 7.11 Å². The quantitative estimate of drug-likeness (QED) is 0.721. The Morgan fingerprint density at radius 2 is 1.86 bits per heavy atom. The summed E-state index contributed by atoms with van der Waals surface area (Å²) in [4.78, 5) is 22.8. The Balaban J connectivity index is 1.65. The fourth-order valence-electron chi connectivity index (χ4n) is 3.49. The molecule has 6 nitrogen and oxygen atoms in total. The highest BCUT2D eigenvalue weighted by Crippen LogP contribution is 2.27. The van der Waals surface area contributed by atoms with Gasteiger partial charge in [-0.1, -0.05) is 6.42 Å². The van der Waals surface area contributed by atoms with Crippen molar-refractivity contribution in [2.24, 2.45) is 11.8 Å². The molecule has 0 saturated heterocycles. The molecule has 2 aliphatic rings. The zero-order chi connectivity index (χ0) is 15.2. The Morgan fingerprint density at radius 3 is 2.48 bits per heavy atom. The van der Waals surface area contributed by atoms with Gasteiger partial charge in [-0.3, -0.25) is 4.79 Å². The first kappa shape index (κ1) is 16.1. The number of hydrogen-bond donors (Lipinski definition) is 3. The zero-order valence-corrected chi connectivity index (χ0v) is 12.6. The van der Waals surface area contributed by atoms with Gasteiger partial charge >= 0.3 is 12.0 Å². The standard InChI is InChI=1S/C15H26N2O4/c1-21-13-4-2-3-11(13)9-16-15(20)17-12-7-5-10(6-8-12)14(18)19/h10-13H,2-9H2,1H3,(H,18,19)(H2,16,17,20). The zero-order valence-electron chi connectivity index (χ0n) is 12.6. The lowest BCUT2D eigenvalue weighted by Crippen LogP contribution is -2.46. The van der Waals surface area contributed by atoms with E-state index < -0.39 is 5.97 Å². The van der Waals surface area contributed by atoms with Crippen molar-refractivity contribution in [3.63, 3.8) is 0 Å². The van der Waals surface area contributed by atoms with Crippen molar-refractivity contribution in [2.45, 2.75) is 57.1 Å². The molecular weight excluding hydrogens is 272 g/mol. The summed E-state index contributed by atoms with van der Waals surface area (Å²) in [6, 6.07) is -0.0436.